The summed E-state index contributed by atoms with van der Waals surface area (Å²) in [6.07, 6.45) is 3.11. The Morgan fingerprint density at radius 1 is 1.53 bits per heavy atom. The van der Waals surface area contributed by atoms with Gasteiger partial charge in [0.25, 0.3) is 0 Å². The number of furan rings is 1. The maximum atomic E-state index is 12.1. The topological polar surface area (TPSA) is 68.7 Å². The van der Waals surface area contributed by atoms with Gasteiger partial charge in [0.1, 0.15) is 5.60 Å². The number of rotatable bonds is 2. The van der Waals surface area contributed by atoms with E-state index < -0.39 is 5.60 Å². The molecule has 2 N–H and O–H groups in total. The number of nitrogens with two attached hydrogens (primary N) is 1. The van der Waals surface area contributed by atoms with Crippen molar-refractivity contribution < 1.29 is 13.9 Å². The molecule has 1 aliphatic heterocycles. The summed E-state index contributed by atoms with van der Waals surface area (Å²) in [7, 11) is 0. The minimum Gasteiger partial charge on any atom is -0.472 e. The Balaban J connectivity index is 2.05. The average Bonchev–Trinajstić information content (AvgIpc) is 2.95. The zero-order chi connectivity index (χ0) is 14.0. The van der Waals surface area contributed by atoms with Crippen LogP contribution in [0, 0.1) is 5.92 Å². The van der Waals surface area contributed by atoms with E-state index in [-0.39, 0.29) is 17.9 Å². The molecule has 19 heavy (non-hydrogen) atoms. The van der Waals surface area contributed by atoms with Crippen molar-refractivity contribution in [2.75, 3.05) is 19.6 Å². The van der Waals surface area contributed by atoms with Crippen LogP contribution in [0.15, 0.2) is 23.0 Å². The standard InChI is InChI=1S/C14H22N2O3/c1-14(2,3)19-13(17)16-7-11(6-15)12(8-16)10-4-5-18-9-10/h4-5,9,11-12H,6-8,15H2,1-3H3/t11-,12+/m0/s1. The van der Waals surface area contributed by atoms with Gasteiger partial charge in [0.15, 0.2) is 0 Å². The molecule has 0 bridgehead atoms. The van der Waals surface area contributed by atoms with Gasteiger partial charge in [-0.1, -0.05) is 0 Å². The van der Waals surface area contributed by atoms with Crippen LogP contribution in [-0.4, -0.2) is 36.2 Å². The average molecular weight is 266 g/mol. The fourth-order valence-corrected chi connectivity index (χ4v) is 2.45. The molecule has 1 saturated heterocycles. The van der Waals surface area contributed by atoms with Crippen LogP contribution in [-0.2, 0) is 4.74 Å². The Kier molecular flexibility index (Phi) is 3.85. The van der Waals surface area contributed by atoms with Gasteiger partial charge in [0, 0.05) is 19.0 Å². The van der Waals surface area contributed by atoms with Gasteiger partial charge < -0.3 is 19.8 Å². The second-order valence-electron chi connectivity index (χ2n) is 6.04. The van der Waals surface area contributed by atoms with Gasteiger partial charge in [0.05, 0.1) is 12.5 Å². The third-order valence-electron chi connectivity index (χ3n) is 3.37. The quantitative estimate of drug-likeness (QED) is 0.891. The molecule has 5 nitrogen and oxygen atoms in total. The van der Waals surface area contributed by atoms with E-state index >= 15 is 0 Å². The van der Waals surface area contributed by atoms with Crippen LogP contribution < -0.4 is 5.73 Å². The van der Waals surface area contributed by atoms with Crippen LogP contribution in [0.25, 0.3) is 0 Å². The van der Waals surface area contributed by atoms with E-state index in [9.17, 15) is 4.79 Å². The highest BCUT2D eigenvalue weighted by Gasteiger charge is 2.37. The molecule has 106 valence electrons. The highest BCUT2D eigenvalue weighted by Crippen LogP contribution is 2.33. The van der Waals surface area contributed by atoms with Crippen LogP contribution in [0.1, 0.15) is 32.3 Å². The minimum atomic E-state index is -0.469. The second-order valence-corrected chi connectivity index (χ2v) is 6.04. The summed E-state index contributed by atoms with van der Waals surface area (Å²) in [4.78, 5) is 13.8. The first-order valence-electron chi connectivity index (χ1n) is 6.61. The fourth-order valence-electron chi connectivity index (χ4n) is 2.45. The molecule has 0 spiro atoms. The molecule has 0 saturated carbocycles. The number of carbonyl (C=O) groups is 1. The molecule has 0 radical (unpaired) electrons. The summed E-state index contributed by atoms with van der Waals surface area (Å²) in [6.45, 7) is 7.44. The summed E-state index contributed by atoms with van der Waals surface area (Å²) >= 11 is 0. The van der Waals surface area contributed by atoms with Crippen molar-refractivity contribution in [3.05, 3.63) is 24.2 Å². The zero-order valence-electron chi connectivity index (χ0n) is 11.8. The van der Waals surface area contributed by atoms with Gasteiger partial charge in [-0.05, 0) is 44.9 Å². The summed E-state index contributed by atoms with van der Waals surface area (Å²) in [5.41, 5.74) is 6.44. The van der Waals surface area contributed by atoms with Crippen molar-refractivity contribution in [3.8, 4) is 0 Å². The van der Waals surface area contributed by atoms with Crippen LogP contribution in [0.4, 0.5) is 4.79 Å². The molecule has 1 amide bonds. The Hall–Kier alpha value is -1.49. The number of carbonyl (C=O) groups excluding carboxylic acids is 1. The second kappa shape index (κ2) is 5.25. The SMILES string of the molecule is CC(C)(C)OC(=O)N1C[C@H](CN)[C@@H](c2ccoc2)C1. The number of ether oxygens (including phenoxy) is 1. The van der Waals surface area contributed by atoms with Crippen molar-refractivity contribution >= 4 is 6.09 Å². The van der Waals surface area contributed by atoms with Crippen LogP contribution >= 0.6 is 0 Å². The first kappa shape index (κ1) is 13.9. The van der Waals surface area contributed by atoms with E-state index in [1.54, 1.807) is 17.4 Å². The zero-order valence-corrected chi connectivity index (χ0v) is 11.8. The first-order chi connectivity index (χ1) is 8.90. The Bertz CT molecular complexity index is 422. The van der Waals surface area contributed by atoms with Crippen LogP contribution in [0.5, 0.6) is 0 Å². The van der Waals surface area contributed by atoms with Gasteiger partial charge in [-0.15, -0.1) is 0 Å². The van der Waals surface area contributed by atoms with E-state index in [0.717, 1.165) is 5.56 Å². The van der Waals surface area contributed by atoms with E-state index in [0.29, 0.717) is 19.6 Å². The molecule has 1 aromatic rings. The lowest BCUT2D eigenvalue weighted by Crippen LogP contribution is -2.35. The van der Waals surface area contributed by atoms with E-state index in [2.05, 4.69) is 0 Å². The maximum Gasteiger partial charge on any atom is 0.410 e. The molecule has 1 aliphatic rings. The van der Waals surface area contributed by atoms with Crippen molar-refractivity contribution in [3.63, 3.8) is 0 Å². The van der Waals surface area contributed by atoms with Gasteiger partial charge in [-0.3, -0.25) is 0 Å². The molecular formula is C14H22N2O3. The molecule has 2 atom stereocenters. The normalized spacial score (nSPS) is 23.7. The summed E-state index contributed by atoms with van der Waals surface area (Å²) in [6, 6.07) is 1.94. The van der Waals surface area contributed by atoms with Crippen molar-refractivity contribution in [1.29, 1.82) is 0 Å². The summed E-state index contributed by atoms with van der Waals surface area (Å²) in [5, 5.41) is 0. The first-order valence-corrected chi connectivity index (χ1v) is 6.61. The predicted octanol–water partition coefficient (Wildman–Crippen LogP) is 2.19. The molecule has 1 fully saturated rings. The largest absolute Gasteiger partial charge is 0.472 e. The molecule has 0 unspecified atom stereocenters. The lowest BCUT2D eigenvalue weighted by molar-refractivity contribution is 0.0287. The van der Waals surface area contributed by atoms with Crippen molar-refractivity contribution in [1.82, 2.24) is 4.90 Å². The van der Waals surface area contributed by atoms with Crippen molar-refractivity contribution in [2.24, 2.45) is 11.7 Å². The van der Waals surface area contributed by atoms with E-state index in [1.807, 2.05) is 26.8 Å². The van der Waals surface area contributed by atoms with Crippen LogP contribution in [0.2, 0.25) is 0 Å². The lowest BCUT2D eigenvalue weighted by atomic mass is 9.91. The maximum absolute atomic E-state index is 12.1. The van der Waals surface area contributed by atoms with Gasteiger partial charge in [0.2, 0.25) is 0 Å². The molecule has 2 heterocycles. The van der Waals surface area contributed by atoms with Gasteiger partial charge in [-0.2, -0.15) is 0 Å². The van der Waals surface area contributed by atoms with E-state index in [4.69, 9.17) is 14.9 Å². The van der Waals surface area contributed by atoms with Crippen molar-refractivity contribution in [2.45, 2.75) is 32.3 Å². The minimum absolute atomic E-state index is 0.233. The molecule has 1 aromatic heterocycles. The smallest absolute Gasteiger partial charge is 0.410 e. The van der Waals surface area contributed by atoms with E-state index in [1.165, 1.54) is 0 Å². The van der Waals surface area contributed by atoms with Gasteiger partial charge in [-0.25, -0.2) is 4.79 Å². The summed E-state index contributed by atoms with van der Waals surface area (Å²) in [5.74, 6) is 0.487. The number of hydrogen-bond donors (Lipinski definition) is 1. The van der Waals surface area contributed by atoms with Crippen LogP contribution in [0.3, 0.4) is 0 Å². The number of likely N-dealkylation sites (tertiary alicyclic amines) is 1. The number of nitrogens with zero attached hydrogens (tertiary/aromatic N) is 1. The highest BCUT2D eigenvalue weighted by molar-refractivity contribution is 5.68. The molecular weight excluding hydrogens is 244 g/mol. The molecule has 0 aliphatic carbocycles. The lowest BCUT2D eigenvalue weighted by Gasteiger charge is -2.24. The predicted molar refractivity (Wildman–Crippen MR) is 71.8 cm³/mol. The highest BCUT2D eigenvalue weighted by atomic mass is 16.6. The Morgan fingerprint density at radius 2 is 2.26 bits per heavy atom. The molecule has 2 rings (SSSR count). The molecule has 0 aromatic carbocycles. The number of hydrogen-bond acceptors (Lipinski definition) is 4. The monoisotopic (exact) mass is 266 g/mol. The summed E-state index contributed by atoms with van der Waals surface area (Å²) < 4.78 is 10.5. The number of amides is 1. The third kappa shape index (κ3) is 3.29. The Morgan fingerprint density at radius 3 is 2.79 bits per heavy atom. The fraction of sp³-hybridized carbons (Fsp3) is 0.643. The Labute approximate surface area is 113 Å². The molecule has 5 heteroatoms. The van der Waals surface area contributed by atoms with Gasteiger partial charge >= 0.3 is 6.09 Å². The third-order valence-corrected chi connectivity index (χ3v) is 3.37.